The fourth-order valence-electron chi connectivity index (χ4n) is 1.30. The van der Waals surface area contributed by atoms with Crippen LogP contribution in [0.2, 0.25) is 0 Å². The third-order valence-corrected chi connectivity index (χ3v) is 2.03. The number of unbranched alkanes of at least 4 members (excludes halogenated alkanes) is 1. The topological polar surface area (TPSA) is 90.6 Å². The Morgan fingerprint density at radius 3 is 1.82 bits per heavy atom. The van der Waals surface area contributed by atoms with Crippen LogP contribution in [0.1, 0.15) is 67.7 Å². The van der Waals surface area contributed by atoms with Crippen molar-refractivity contribution in [1.82, 2.24) is 5.32 Å². The Labute approximate surface area is 135 Å². The van der Waals surface area contributed by atoms with Gasteiger partial charge in [-0.05, 0) is 54.9 Å². The molecule has 0 aromatic rings. The number of primary amides is 1. The fourth-order valence-corrected chi connectivity index (χ4v) is 1.30. The molecule has 0 heterocycles. The van der Waals surface area contributed by atoms with E-state index in [1.807, 2.05) is 20.8 Å². The molecule has 0 aromatic heterocycles. The molecule has 2 amide bonds. The molecule has 1 radical (unpaired) electrons. The fraction of sp³-hybridized carbons (Fsp3) is 0.812. The Hall–Kier alpha value is -1.46. The Morgan fingerprint density at radius 1 is 1.09 bits per heavy atom. The van der Waals surface area contributed by atoms with Crippen molar-refractivity contribution in [2.45, 2.75) is 85.0 Å². The van der Waals surface area contributed by atoms with Gasteiger partial charge in [-0.1, -0.05) is 19.8 Å². The second-order valence-corrected chi connectivity index (χ2v) is 7.02. The lowest BCUT2D eigenvalue weighted by molar-refractivity contribution is 0.0510. The zero-order valence-corrected chi connectivity index (χ0v) is 15.1. The van der Waals surface area contributed by atoms with Crippen LogP contribution in [0.25, 0.3) is 0 Å². The monoisotopic (exact) mass is 317 g/mol. The standard InChI is InChI=1S/C11H22NO2.C5H11NO2/c1-6-7-8-9(2)12-10(13)14-11(3,4)5;1-5(2,3)8-4(6)7/h9H,2,6-8H2,1,3-5H3,(H,12,13);1-3H3,(H2,6,7)/t9-;/m0./s1. The number of amides is 2. The van der Waals surface area contributed by atoms with Gasteiger partial charge in [-0.25, -0.2) is 9.59 Å². The number of carbonyl (C=O) groups is 2. The van der Waals surface area contributed by atoms with Crippen molar-refractivity contribution in [3.05, 3.63) is 6.92 Å². The van der Waals surface area contributed by atoms with E-state index < -0.39 is 17.3 Å². The van der Waals surface area contributed by atoms with Gasteiger partial charge in [0.25, 0.3) is 0 Å². The quantitative estimate of drug-likeness (QED) is 0.825. The average Bonchev–Trinajstić information content (AvgIpc) is 2.20. The summed E-state index contributed by atoms with van der Waals surface area (Å²) >= 11 is 0. The van der Waals surface area contributed by atoms with Crippen molar-refractivity contribution < 1.29 is 19.1 Å². The number of hydrogen-bond donors (Lipinski definition) is 2. The summed E-state index contributed by atoms with van der Waals surface area (Å²) in [7, 11) is 0. The summed E-state index contributed by atoms with van der Waals surface area (Å²) < 4.78 is 9.67. The highest BCUT2D eigenvalue weighted by Gasteiger charge is 2.17. The van der Waals surface area contributed by atoms with Crippen molar-refractivity contribution in [3.63, 3.8) is 0 Å². The summed E-state index contributed by atoms with van der Waals surface area (Å²) in [6.45, 7) is 16.8. The van der Waals surface area contributed by atoms with Crippen molar-refractivity contribution in [3.8, 4) is 0 Å². The van der Waals surface area contributed by atoms with Gasteiger partial charge in [0.05, 0.1) is 0 Å². The lowest BCUT2D eigenvalue weighted by Gasteiger charge is -2.21. The molecule has 22 heavy (non-hydrogen) atoms. The lowest BCUT2D eigenvalue weighted by atomic mass is 10.1. The van der Waals surface area contributed by atoms with Crippen molar-refractivity contribution in [2.24, 2.45) is 5.73 Å². The van der Waals surface area contributed by atoms with Gasteiger partial charge in [-0.2, -0.15) is 0 Å². The van der Waals surface area contributed by atoms with E-state index >= 15 is 0 Å². The van der Waals surface area contributed by atoms with Gasteiger partial charge < -0.3 is 20.5 Å². The number of nitrogens with two attached hydrogens (primary N) is 1. The van der Waals surface area contributed by atoms with E-state index in [-0.39, 0.29) is 12.1 Å². The molecular formula is C16H33N2O4. The summed E-state index contributed by atoms with van der Waals surface area (Å²) in [6.07, 6.45) is 1.98. The van der Waals surface area contributed by atoms with Crippen LogP contribution in [0.15, 0.2) is 0 Å². The van der Waals surface area contributed by atoms with Crippen LogP contribution in [0, 0.1) is 6.92 Å². The molecule has 0 aromatic carbocycles. The third kappa shape index (κ3) is 20.8. The Balaban J connectivity index is 0. The summed E-state index contributed by atoms with van der Waals surface area (Å²) in [5, 5.41) is 2.70. The molecular weight excluding hydrogens is 284 g/mol. The predicted molar refractivity (Wildman–Crippen MR) is 88.5 cm³/mol. The molecule has 0 rings (SSSR count). The molecule has 0 aliphatic rings. The van der Waals surface area contributed by atoms with Gasteiger partial charge >= 0.3 is 12.2 Å². The molecule has 0 saturated carbocycles. The number of nitrogens with one attached hydrogen (secondary N) is 1. The Morgan fingerprint density at radius 2 is 1.55 bits per heavy atom. The minimum atomic E-state index is -0.725. The molecule has 131 valence electrons. The highest BCUT2D eigenvalue weighted by atomic mass is 16.6. The molecule has 0 fully saturated rings. The number of carbonyl (C=O) groups excluding carboxylic acids is 2. The van der Waals surface area contributed by atoms with Crippen LogP contribution in [-0.4, -0.2) is 29.4 Å². The SMILES string of the molecule is CC(C)(C)OC(N)=O.[CH2][C@@H](CCCC)NC(=O)OC(C)(C)C. The number of alkyl carbamates (subject to hydrolysis) is 1. The minimum absolute atomic E-state index is 0.0511. The molecule has 0 unspecified atom stereocenters. The van der Waals surface area contributed by atoms with Gasteiger partial charge in [0, 0.05) is 6.04 Å². The molecule has 1 atom stereocenters. The van der Waals surface area contributed by atoms with Gasteiger partial charge in [-0.3, -0.25) is 0 Å². The molecule has 0 aliphatic carbocycles. The minimum Gasteiger partial charge on any atom is -0.444 e. The van der Waals surface area contributed by atoms with Gasteiger partial charge in [-0.15, -0.1) is 0 Å². The first-order valence-electron chi connectivity index (χ1n) is 7.58. The molecule has 3 N–H and O–H groups in total. The maximum atomic E-state index is 11.3. The number of ether oxygens (including phenoxy) is 2. The highest BCUT2D eigenvalue weighted by molar-refractivity contribution is 5.68. The predicted octanol–water partition coefficient (Wildman–Crippen LogP) is 3.78. The van der Waals surface area contributed by atoms with E-state index in [1.165, 1.54) is 0 Å². The van der Waals surface area contributed by atoms with Gasteiger partial charge in [0.15, 0.2) is 0 Å². The first-order chi connectivity index (χ1) is 9.76. The van der Waals surface area contributed by atoms with Crippen LogP contribution in [0.3, 0.4) is 0 Å². The first-order valence-corrected chi connectivity index (χ1v) is 7.58. The smallest absolute Gasteiger partial charge is 0.407 e. The summed E-state index contributed by atoms with van der Waals surface area (Å²) in [4.78, 5) is 21.3. The van der Waals surface area contributed by atoms with E-state index in [0.717, 1.165) is 19.3 Å². The average molecular weight is 317 g/mol. The molecule has 0 bridgehead atoms. The molecule has 6 nitrogen and oxygen atoms in total. The zero-order valence-electron chi connectivity index (χ0n) is 15.1. The molecule has 0 aliphatic heterocycles. The normalized spacial score (nSPS) is 12.5. The number of rotatable bonds is 4. The summed E-state index contributed by atoms with van der Waals surface area (Å²) in [6, 6.07) is -0.0511. The largest absolute Gasteiger partial charge is 0.444 e. The van der Waals surface area contributed by atoms with Gasteiger partial charge in [0.2, 0.25) is 0 Å². The van der Waals surface area contributed by atoms with E-state index in [2.05, 4.69) is 23.9 Å². The second-order valence-electron chi connectivity index (χ2n) is 7.02. The van der Waals surface area contributed by atoms with Crippen molar-refractivity contribution in [2.75, 3.05) is 0 Å². The molecule has 6 heteroatoms. The maximum Gasteiger partial charge on any atom is 0.407 e. The van der Waals surface area contributed by atoms with Crippen LogP contribution >= 0.6 is 0 Å². The molecule has 0 spiro atoms. The number of hydrogen-bond acceptors (Lipinski definition) is 4. The van der Waals surface area contributed by atoms with Crippen LogP contribution in [-0.2, 0) is 9.47 Å². The zero-order chi connectivity index (χ0) is 18.0. The van der Waals surface area contributed by atoms with Crippen LogP contribution in [0.5, 0.6) is 0 Å². The van der Waals surface area contributed by atoms with Crippen LogP contribution < -0.4 is 11.1 Å². The van der Waals surface area contributed by atoms with E-state index in [9.17, 15) is 9.59 Å². The molecule has 0 saturated heterocycles. The van der Waals surface area contributed by atoms with E-state index in [4.69, 9.17) is 10.5 Å². The lowest BCUT2D eigenvalue weighted by Crippen LogP contribution is -2.37. The third-order valence-electron chi connectivity index (χ3n) is 2.03. The maximum absolute atomic E-state index is 11.3. The van der Waals surface area contributed by atoms with E-state index in [0.29, 0.717) is 0 Å². The highest BCUT2D eigenvalue weighted by Crippen LogP contribution is 2.07. The van der Waals surface area contributed by atoms with Crippen molar-refractivity contribution >= 4 is 12.2 Å². The van der Waals surface area contributed by atoms with E-state index in [1.54, 1.807) is 20.8 Å². The second kappa shape index (κ2) is 10.3. The van der Waals surface area contributed by atoms with Gasteiger partial charge in [0.1, 0.15) is 11.2 Å². The first kappa shape index (κ1) is 22.8. The Kier molecular flexibility index (Phi) is 10.7. The Bertz CT molecular complexity index is 330. The summed E-state index contributed by atoms with van der Waals surface area (Å²) in [5.74, 6) is 0. The van der Waals surface area contributed by atoms with Crippen LogP contribution in [0.4, 0.5) is 9.59 Å². The van der Waals surface area contributed by atoms with Crippen molar-refractivity contribution in [1.29, 1.82) is 0 Å². The summed E-state index contributed by atoms with van der Waals surface area (Å²) in [5.41, 5.74) is 3.83.